The zero-order chi connectivity index (χ0) is 15.9. The third kappa shape index (κ3) is 4.39. The number of hydrogen-bond acceptors (Lipinski definition) is 5. The number of amides is 1. The molecule has 0 bridgehead atoms. The summed E-state index contributed by atoms with van der Waals surface area (Å²) >= 11 is 1.57. The van der Waals surface area contributed by atoms with Crippen LogP contribution in [0.5, 0.6) is 0 Å². The molecule has 22 heavy (non-hydrogen) atoms. The van der Waals surface area contributed by atoms with Gasteiger partial charge in [0.2, 0.25) is 0 Å². The van der Waals surface area contributed by atoms with Gasteiger partial charge in [-0.1, -0.05) is 18.2 Å². The standard InChI is InChI=1S/C16H18N2O3S/c1-3-10-17-16(20)11(2)21-15(19)9-8-14-18-12-6-4-5-7-13(12)22-14/h3-7,11H,1,8-10H2,2H3,(H,17,20). The van der Waals surface area contributed by atoms with Gasteiger partial charge in [-0.2, -0.15) is 0 Å². The van der Waals surface area contributed by atoms with E-state index >= 15 is 0 Å². The van der Waals surface area contributed by atoms with Gasteiger partial charge in [0.25, 0.3) is 5.91 Å². The number of rotatable bonds is 7. The number of para-hydroxylation sites is 1. The van der Waals surface area contributed by atoms with E-state index in [0.717, 1.165) is 15.2 Å². The van der Waals surface area contributed by atoms with Crippen LogP contribution in [-0.2, 0) is 20.7 Å². The van der Waals surface area contributed by atoms with Crippen molar-refractivity contribution in [1.82, 2.24) is 10.3 Å². The highest BCUT2D eigenvalue weighted by Crippen LogP contribution is 2.22. The minimum Gasteiger partial charge on any atom is -0.453 e. The van der Waals surface area contributed by atoms with Crippen LogP contribution in [0.15, 0.2) is 36.9 Å². The van der Waals surface area contributed by atoms with Crippen LogP contribution in [0, 0.1) is 0 Å². The number of hydrogen-bond donors (Lipinski definition) is 1. The molecule has 0 spiro atoms. The van der Waals surface area contributed by atoms with E-state index in [1.807, 2.05) is 24.3 Å². The molecule has 1 aromatic heterocycles. The van der Waals surface area contributed by atoms with Gasteiger partial charge < -0.3 is 10.1 Å². The number of carbonyl (C=O) groups excluding carboxylic acids is 2. The van der Waals surface area contributed by atoms with E-state index < -0.39 is 12.1 Å². The van der Waals surface area contributed by atoms with Crippen LogP contribution in [0.25, 0.3) is 10.2 Å². The molecule has 2 rings (SSSR count). The molecule has 1 amide bonds. The normalized spacial score (nSPS) is 11.9. The van der Waals surface area contributed by atoms with Gasteiger partial charge in [0.15, 0.2) is 6.10 Å². The van der Waals surface area contributed by atoms with Gasteiger partial charge in [0.05, 0.1) is 21.6 Å². The molecule has 0 fully saturated rings. The molecule has 1 aromatic carbocycles. The van der Waals surface area contributed by atoms with Crippen molar-refractivity contribution in [3.05, 3.63) is 41.9 Å². The van der Waals surface area contributed by atoms with E-state index in [9.17, 15) is 9.59 Å². The molecule has 116 valence electrons. The summed E-state index contributed by atoms with van der Waals surface area (Å²) < 4.78 is 6.20. The maximum Gasteiger partial charge on any atom is 0.306 e. The zero-order valence-corrected chi connectivity index (χ0v) is 13.2. The first-order valence-corrected chi connectivity index (χ1v) is 7.84. The molecule has 1 unspecified atom stereocenters. The Hall–Kier alpha value is -2.21. The summed E-state index contributed by atoms with van der Waals surface area (Å²) in [5, 5.41) is 3.48. The summed E-state index contributed by atoms with van der Waals surface area (Å²) in [6.45, 7) is 5.41. The van der Waals surface area contributed by atoms with Crippen LogP contribution in [-0.4, -0.2) is 29.5 Å². The Kier molecular flexibility index (Phi) is 5.66. The lowest BCUT2D eigenvalue weighted by Crippen LogP contribution is -2.35. The second-order valence-corrected chi connectivity index (χ2v) is 5.86. The van der Waals surface area contributed by atoms with E-state index in [0.29, 0.717) is 13.0 Å². The Bertz CT molecular complexity index is 648. The third-order valence-electron chi connectivity index (χ3n) is 2.98. The molecule has 0 saturated heterocycles. The quantitative estimate of drug-likeness (QED) is 0.629. The van der Waals surface area contributed by atoms with Crippen molar-refractivity contribution < 1.29 is 14.3 Å². The number of aromatic nitrogens is 1. The fourth-order valence-electron chi connectivity index (χ4n) is 1.86. The number of nitrogens with zero attached hydrogens (tertiary/aromatic N) is 1. The van der Waals surface area contributed by atoms with Crippen molar-refractivity contribution in [3.63, 3.8) is 0 Å². The van der Waals surface area contributed by atoms with Crippen molar-refractivity contribution >= 4 is 33.4 Å². The lowest BCUT2D eigenvalue weighted by atomic mass is 10.3. The number of carbonyl (C=O) groups is 2. The largest absolute Gasteiger partial charge is 0.453 e. The molecule has 5 nitrogen and oxygen atoms in total. The summed E-state index contributed by atoms with van der Waals surface area (Å²) in [4.78, 5) is 27.8. The van der Waals surface area contributed by atoms with Gasteiger partial charge in [-0.25, -0.2) is 4.98 Å². The Labute approximate surface area is 133 Å². The van der Waals surface area contributed by atoms with Gasteiger partial charge >= 0.3 is 5.97 Å². The highest BCUT2D eigenvalue weighted by Gasteiger charge is 2.17. The second kappa shape index (κ2) is 7.70. The lowest BCUT2D eigenvalue weighted by Gasteiger charge is -2.12. The first-order chi connectivity index (χ1) is 10.6. The molecule has 1 heterocycles. The van der Waals surface area contributed by atoms with Crippen LogP contribution in [0.2, 0.25) is 0 Å². The molecule has 6 heteroatoms. The van der Waals surface area contributed by atoms with Crippen LogP contribution in [0.3, 0.4) is 0 Å². The summed E-state index contributed by atoms with van der Waals surface area (Å²) in [6.07, 6.45) is 1.49. The summed E-state index contributed by atoms with van der Waals surface area (Å²) in [7, 11) is 0. The highest BCUT2D eigenvalue weighted by molar-refractivity contribution is 7.18. The predicted octanol–water partition coefficient (Wildman–Crippen LogP) is 2.46. The number of nitrogens with one attached hydrogen (secondary N) is 1. The van der Waals surface area contributed by atoms with Crippen molar-refractivity contribution in [3.8, 4) is 0 Å². The minimum atomic E-state index is -0.803. The number of esters is 1. The number of aryl methyl sites for hydroxylation is 1. The van der Waals surface area contributed by atoms with Gasteiger partial charge in [-0.05, 0) is 19.1 Å². The Balaban J connectivity index is 1.82. The van der Waals surface area contributed by atoms with Crippen LogP contribution >= 0.6 is 11.3 Å². The van der Waals surface area contributed by atoms with Crippen molar-refractivity contribution in [2.24, 2.45) is 0 Å². The fraction of sp³-hybridized carbons (Fsp3) is 0.312. The topological polar surface area (TPSA) is 68.3 Å². The van der Waals surface area contributed by atoms with Crippen LogP contribution < -0.4 is 5.32 Å². The lowest BCUT2D eigenvalue weighted by molar-refractivity contribution is -0.154. The van der Waals surface area contributed by atoms with Gasteiger partial charge in [-0.3, -0.25) is 9.59 Å². The molecule has 0 saturated carbocycles. The van der Waals surface area contributed by atoms with Crippen molar-refractivity contribution in [2.75, 3.05) is 6.54 Å². The predicted molar refractivity (Wildman–Crippen MR) is 86.7 cm³/mol. The van der Waals surface area contributed by atoms with E-state index in [1.165, 1.54) is 0 Å². The number of fused-ring (bicyclic) bond motifs is 1. The molecular formula is C16H18N2O3S. The summed E-state index contributed by atoms with van der Waals surface area (Å²) in [6, 6.07) is 7.84. The Morgan fingerprint density at radius 1 is 1.45 bits per heavy atom. The number of benzene rings is 1. The monoisotopic (exact) mass is 318 g/mol. The first kappa shape index (κ1) is 16.2. The van der Waals surface area contributed by atoms with E-state index in [4.69, 9.17) is 4.74 Å². The third-order valence-corrected chi connectivity index (χ3v) is 4.08. The second-order valence-electron chi connectivity index (χ2n) is 4.74. The fourth-order valence-corrected chi connectivity index (χ4v) is 2.83. The first-order valence-electron chi connectivity index (χ1n) is 7.02. The molecule has 0 radical (unpaired) electrons. The SMILES string of the molecule is C=CCNC(=O)C(C)OC(=O)CCc1nc2ccccc2s1. The maximum atomic E-state index is 11.8. The zero-order valence-electron chi connectivity index (χ0n) is 12.4. The molecule has 1 N–H and O–H groups in total. The maximum absolute atomic E-state index is 11.8. The molecule has 0 aliphatic heterocycles. The number of ether oxygens (including phenoxy) is 1. The summed E-state index contributed by atoms with van der Waals surface area (Å²) in [5.41, 5.74) is 0.938. The van der Waals surface area contributed by atoms with Crippen LogP contribution in [0.4, 0.5) is 0 Å². The van der Waals surface area contributed by atoms with Crippen molar-refractivity contribution in [1.29, 1.82) is 0 Å². The molecule has 1 atom stereocenters. The number of thiazole rings is 1. The van der Waals surface area contributed by atoms with Gasteiger partial charge in [0, 0.05) is 13.0 Å². The van der Waals surface area contributed by atoms with Gasteiger partial charge in [-0.15, -0.1) is 17.9 Å². The average Bonchev–Trinajstić information content (AvgIpc) is 2.93. The molecule has 2 aromatic rings. The van der Waals surface area contributed by atoms with E-state index in [1.54, 1.807) is 24.3 Å². The van der Waals surface area contributed by atoms with Crippen molar-refractivity contribution in [2.45, 2.75) is 25.9 Å². The highest BCUT2D eigenvalue weighted by atomic mass is 32.1. The molecule has 0 aliphatic carbocycles. The van der Waals surface area contributed by atoms with Gasteiger partial charge in [0.1, 0.15) is 0 Å². The minimum absolute atomic E-state index is 0.207. The average molecular weight is 318 g/mol. The molecule has 0 aliphatic rings. The summed E-state index contributed by atoms with van der Waals surface area (Å²) in [5.74, 6) is -0.728. The van der Waals surface area contributed by atoms with Crippen LogP contribution in [0.1, 0.15) is 18.4 Å². The smallest absolute Gasteiger partial charge is 0.306 e. The molecular weight excluding hydrogens is 300 g/mol. The Morgan fingerprint density at radius 3 is 2.95 bits per heavy atom. The Morgan fingerprint density at radius 2 is 2.23 bits per heavy atom. The van der Waals surface area contributed by atoms with E-state index in [-0.39, 0.29) is 12.3 Å². The van der Waals surface area contributed by atoms with E-state index in [2.05, 4.69) is 16.9 Å².